The average Bonchev–Trinajstić information content (AvgIpc) is 3.23. The van der Waals surface area contributed by atoms with Gasteiger partial charge in [0.25, 0.3) is 0 Å². The third-order valence-electron chi connectivity index (χ3n) is 4.15. The fourth-order valence-electron chi connectivity index (χ4n) is 3.01. The Morgan fingerprint density at radius 3 is 2.87 bits per heavy atom. The van der Waals surface area contributed by atoms with E-state index in [9.17, 15) is 0 Å². The number of hydrogen-bond acceptors (Lipinski definition) is 4. The lowest BCUT2D eigenvalue weighted by molar-refractivity contribution is 0.415. The van der Waals surface area contributed by atoms with Gasteiger partial charge in [-0.05, 0) is 23.8 Å². The van der Waals surface area contributed by atoms with Gasteiger partial charge in [-0.3, -0.25) is 5.43 Å². The molecule has 3 aromatic rings. The molecule has 5 heteroatoms. The number of aromatic amines is 1. The van der Waals surface area contributed by atoms with E-state index in [1.807, 2.05) is 24.3 Å². The summed E-state index contributed by atoms with van der Waals surface area (Å²) in [5.74, 6) is 1.84. The van der Waals surface area contributed by atoms with Crippen LogP contribution in [0.4, 0.5) is 5.69 Å². The first-order chi connectivity index (χ1) is 11.4. The molecular weight excluding hydrogens is 288 g/mol. The molecule has 5 nitrogen and oxygen atoms in total. The van der Waals surface area contributed by atoms with Crippen LogP contribution in [0.25, 0.3) is 10.9 Å². The van der Waals surface area contributed by atoms with Gasteiger partial charge in [0.1, 0.15) is 18.3 Å². The van der Waals surface area contributed by atoms with Gasteiger partial charge in [0, 0.05) is 23.5 Å². The van der Waals surface area contributed by atoms with Gasteiger partial charge < -0.3 is 14.6 Å². The lowest BCUT2D eigenvalue weighted by Crippen LogP contribution is -2.30. The Morgan fingerprint density at radius 2 is 1.96 bits per heavy atom. The van der Waals surface area contributed by atoms with Crippen LogP contribution in [0.2, 0.25) is 0 Å². The van der Waals surface area contributed by atoms with Gasteiger partial charge in [-0.25, -0.2) is 0 Å². The first kappa shape index (κ1) is 13.7. The van der Waals surface area contributed by atoms with Crippen molar-refractivity contribution in [2.45, 2.75) is 6.42 Å². The number of amidine groups is 1. The summed E-state index contributed by atoms with van der Waals surface area (Å²) in [6.45, 7) is 0.651. The third kappa shape index (κ3) is 2.40. The smallest absolute Gasteiger partial charge is 0.142 e. The quantitative estimate of drug-likeness (QED) is 0.779. The minimum absolute atomic E-state index is 0.651. The monoisotopic (exact) mass is 306 g/mol. The zero-order valence-corrected chi connectivity index (χ0v) is 12.9. The largest absolute Gasteiger partial charge is 0.495 e. The second kappa shape index (κ2) is 5.68. The molecular formula is C18H18N4O. The number of aromatic nitrogens is 1. The standard InChI is InChI=1S/C18H18N4O/c1-23-17-9-5-4-8-16(17)22-12-20-21-18(22)10-13-11-19-15-7-3-2-6-14(13)15/h2-9,11,19-20H,10,12H2,1H3. The van der Waals surface area contributed by atoms with Crippen LogP contribution in [0.15, 0.2) is 59.8 Å². The Hall–Kier alpha value is -2.95. The van der Waals surface area contributed by atoms with Crippen molar-refractivity contribution >= 4 is 22.4 Å². The molecule has 0 spiro atoms. The van der Waals surface area contributed by atoms with Gasteiger partial charge in [0.05, 0.1) is 12.8 Å². The molecule has 23 heavy (non-hydrogen) atoms. The number of anilines is 1. The molecule has 0 unspecified atom stereocenters. The van der Waals surface area contributed by atoms with Crippen LogP contribution in [0.1, 0.15) is 5.56 Å². The molecule has 2 N–H and O–H groups in total. The highest BCUT2D eigenvalue weighted by atomic mass is 16.5. The fourth-order valence-corrected chi connectivity index (χ4v) is 3.01. The predicted molar refractivity (Wildman–Crippen MR) is 92.9 cm³/mol. The van der Waals surface area contributed by atoms with Gasteiger partial charge in [-0.15, -0.1) is 0 Å². The van der Waals surface area contributed by atoms with Crippen LogP contribution >= 0.6 is 0 Å². The number of H-pyrrole nitrogens is 1. The van der Waals surface area contributed by atoms with Crippen molar-refractivity contribution in [2.75, 3.05) is 18.7 Å². The average molecular weight is 306 g/mol. The normalized spacial score (nSPS) is 14.0. The number of nitrogens with zero attached hydrogens (tertiary/aromatic N) is 2. The van der Waals surface area contributed by atoms with Crippen molar-refractivity contribution < 1.29 is 4.74 Å². The van der Waals surface area contributed by atoms with Crippen LogP contribution in [0.5, 0.6) is 5.75 Å². The Balaban J connectivity index is 1.66. The van der Waals surface area contributed by atoms with Gasteiger partial charge in [0.2, 0.25) is 0 Å². The lowest BCUT2D eigenvalue weighted by Gasteiger charge is -2.21. The second-order valence-corrected chi connectivity index (χ2v) is 5.48. The second-order valence-electron chi connectivity index (χ2n) is 5.48. The molecule has 1 aromatic heterocycles. The summed E-state index contributed by atoms with van der Waals surface area (Å²) in [6, 6.07) is 16.3. The third-order valence-corrected chi connectivity index (χ3v) is 4.15. The van der Waals surface area contributed by atoms with Crippen molar-refractivity contribution in [2.24, 2.45) is 5.10 Å². The van der Waals surface area contributed by atoms with Gasteiger partial charge in [-0.2, -0.15) is 5.10 Å². The summed E-state index contributed by atoms with van der Waals surface area (Å²) in [6.07, 6.45) is 2.82. The number of hydrogen-bond donors (Lipinski definition) is 2. The molecule has 0 atom stereocenters. The summed E-state index contributed by atoms with van der Waals surface area (Å²) in [5.41, 5.74) is 6.50. The van der Waals surface area contributed by atoms with Crippen LogP contribution in [0, 0.1) is 0 Å². The van der Waals surface area contributed by atoms with E-state index in [1.54, 1.807) is 7.11 Å². The number of rotatable bonds is 4. The van der Waals surface area contributed by atoms with Crippen molar-refractivity contribution in [1.29, 1.82) is 0 Å². The molecule has 2 aromatic carbocycles. The molecule has 1 aliphatic heterocycles. The maximum absolute atomic E-state index is 5.48. The van der Waals surface area contributed by atoms with Crippen LogP contribution < -0.4 is 15.1 Å². The van der Waals surface area contributed by atoms with Gasteiger partial charge in [-0.1, -0.05) is 30.3 Å². The number of nitrogens with one attached hydrogen (secondary N) is 2. The highest BCUT2D eigenvalue weighted by molar-refractivity contribution is 6.03. The number of benzene rings is 2. The minimum Gasteiger partial charge on any atom is -0.495 e. The topological polar surface area (TPSA) is 52.6 Å². The number of ether oxygens (including phenoxy) is 1. The first-order valence-electron chi connectivity index (χ1n) is 7.62. The number of fused-ring (bicyclic) bond motifs is 1. The van der Waals surface area contributed by atoms with Crippen LogP contribution in [-0.2, 0) is 6.42 Å². The van der Waals surface area contributed by atoms with E-state index in [0.717, 1.165) is 29.2 Å². The molecule has 0 bridgehead atoms. The van der Waals surface area contributed by atoms with Gasteiger partial charge in [0.15, 0.2) is 0 Å². The summed E-state index contributed by atoms with van der Waals surface area (Å²) in [4.78, 5) is 5.47. The predicted octanol–water partition coefficient (Wildman–Crippen LogP) is 3.10. The SMILES string of the molecule is COc1ccccc1N1CNN=C1Cc1c[nH]c2ccccc12. The Kier molecular flexibility index (Phi) is 3.38. The summed E-state index contributed by atoms with van der Waals surface area (Å²) < 4.78 is 5.48. The van der Waals surface area contributed by atoms with E-state index in [2.05, 4.69) is 50.9 Å². The molecule has 4 rings (SSSR count). The van der Waals surface area contributed by atoms with Crippen LogP contribution in [-0.4, -0.2) is 24.6 Å². The number of methoxy groups -OCH3 is 1. The highest BCUT2D eigenvalue weighted by Gasteiger charge is 2.22. The molecule has 0 radical (unpaired) electrons. The maximum atomic E-state index is 5.48. The molecule has 116 valence electrons. The molecule has 0 amide bonds. The number of para-hydroxylation sites is 3. The van der Waals surface area contributed by atoms with Crippen molar-refractivity contribution in [3.8, 4) is 5.75 Å². The van der Waals surface area contributed by atoms with E-state index in [4.69, 9.17) is 4.74 Å². The molecule has 1 aliphatic rings. The van der Waals surface area contributed by atoms with E-state index < -0.39 is 0 Å². The van der Waals surface area contributed by atoms with Crippen molar-refractivity contribution in [1.82, 2.24) is 10.4 Å². The minimum atomic E-state index is 0.651. The summed E-state index contributed by atoms with van der Waals surface area (Å²) >= 11 is 0. The van der Waals surface area contributed by atoms with Crippen LogP contribution in [0.3, 0.4) is 0 Å². The molecule has 0 saturated heterocycles. The van der Waals surface area contributed by atoms with E-state index in [-0.39, 0.29) is 0 Å². The maximum Gasteiger partial charge on any atom is 0.142 e. The van der Waals surface area contributed by atoms with Gasteiger partial charge >= 0.3 is 0 Å². The zero-order valence-electron chi connectivity index (χ0n) is 12.9. The first-order valence-corrected chi connectivity index (χ1v) is 7.62. The molecule has 0 fully saturated rings. The molecule has 0 aliphatic carbocycles. The van der Waals surface area contributed by atoms with E-state index in [1.165, 1.54) is 10.9 Å². The van der Waals surface area contributed by atoms with Crippen molar-refractivity contribution in [3.05, 3.63) is 60.3 Å². The highest BCUT2D eigenvalue weighted by Crippen LogP contribution is 2.30. The van der Waals surface area contributed by atoms with E-state index >= 15 is 0 Å². The van der Waals surface area contributed by atoms with E-state index in [0.29, 0.717) is 6.67 Å². The number of hydrazone groups is 1. The lowest BCUT2D eigenvalue weighted by atomic mass is 10.1. The summed E-state index contributed by atoms with van der Waals surface area (Å²) in [5, 5.41) is 5.71. The molecule has 2 heterocycles. The fraction of sp³-hybridized carbons (Fsp3) is 0.167. The Morgan fingerprint density at radius 1 is 1.13 bits per heavy atom. The molecule has 0 saturated carbocycles. The van der Waals surface area contributed by atoms with Crippen molar-refractivity contribution in [3.63, 3.8) is 0 Å². The Bertz CT molecular complexity index is 868. The zero-order chi connectivity index (χ0) is 15.6. The Labute approximate surface area is 134 Å². The summed E-state index contributed by atoms with van der Waals surface area (Å²) in [7, 11) is 1.69.